The first kappa shape index (κ1) is 15.1. The molecular weight excluding hydrogens is 298 g/mol. The van der Waals surface area contributed by atoms with E-state index in [0.29, 0.717) is 12.1 Å². The molecule has 0 aromatic heterocycles. The molecule has 1 N–H and O–H groups in total. The standard InChI is InChI=1S/C17H26BrN/c1-12(2)16-6-4-5-7-17(16)19-13(3)14-8-10-15(18)11-9-14/h8-13,16-17,19H,4-7H2,1-3H3/t13-,16?,17?/m0/s1. The highest BCUT2D eigenvalue weighted by Crippen LogP contribution is 2.31. The van der Waals surface area contributed by atoms with Crippen LogP contribution in [0.5, 0.6) is 0 Å². The van der Waals surface area contributed by atoms with Crippen LogP contribution < -0.4 is 5.32 Å². The highest BCUT2D eigenvalue weighted by molar-refractivity contribution is 9.10. The molecule has 106 valence electrons. The number of halogens is 1. The molecule has 1 aromatic carbocycles. The fraction of sp³-hybridized carbons (Fsp3) is 0.647. The fourth-order valence-corrected chi connectivity index (χ4v) is 3.60. The summed E-state index contributed by atoms with van der Waals surface area (Å²) in [7, 11) is 0. The Bertz CT molecular complexity index is 385. The van der Waals surface area contributed by atoms with Crippen molar-refractivity contribution in [1.82, 2.24) is 5.32 Å². The van der Waals surface area contributed by atoms with Crippen LogP contribution in [0.3, 0.4) is 0 Å². The van der Waals surface area contributed by atoms with Gasteiger partial charge in [-0.15, -0.1) is 0 Å². The van der Waals surface area contributed by atoms with Gasteiger partial charge in [0.2, 0.25) is 0 Å². The van der Waals surface area contributed by atoms with E-state index in [2.05, 4.69) is 66.3 Å². The maximum atomic E-state index is 3.87. The zero-order chi connectivity index (χ0) is 13.8. The van der Waals surface area contributed by atoms with Crippen LogP contribution in [0.2, 0.25) is 0 Å². The highest BCUT2D eigenvalue weighted by atomic mass is 79.9. The molecule has 0 spiro atoms. The third-order valence-corrected chi connectivity index (χ3v) is 5.04. The number of hydrogen-bond acceptors (Lipinski definition) is 1. The lowest BCUT2D eigenvalue weighted by atomic mass is 9.77. The molecule has 1 aliphatic rings. The fourth-order valence-electron chi connectivity index (χ4n) is 3.33. The van der Waals surface area contributed by atoms with Crippen molar-refractivity contribution in [2.24, 2.45) is 11.8 Å². The molecule has 1 fully saturated rings. The van der Waals surface area contributed by atoms with E-state index in [4.69, 9.17) is 0 Å². The van der Waals surface area contributed by atoms with Crippen molar-refractivity contribution >= 4 is 15.9 Å². The SMILES string of the molecule is CC(C)C1CCCCC1N[C@@H](C)c1ccc(Br)cc1. The van der Waals surface area contributed by atoms with Crippen molar-refractivity contribution < 1.29 is 0 Å². The van der Waals surface area contributed by atoms with Gasteiger partial charge in [0.25, 0.3) is 0 Å². The summed E-state index contributed by atoms with van der Waals surface area (Å²) in [6.07, 6.45) is 5.52. The van der Waals surface area contributed by atoms with E-state index in [1.165, 1.54) is 31.2 Å². The van der Waals surface area contributed by atoms with Crippen LogP contribution in [0, 0.1) is 11.8 Å². The third kappa shape index (κ3) is 4.06. The molecule has 0 aliphatic heterocycles. The Hall–Kier alpha value is -0.340. The summed E-state index contributed by atoms with van der Waals surface area (Å²) in [4.78, 5) is 0. The second-order valence-electron chi connectivity index (χ2n) is 6.24. The van der Waals surface area contributed by atoms with Gasteiger partial charge in [0.1, 0.15) is 0 Å². The minimum atomic E-state index is 0.442. The predicted molar refractivity (Wildman–Crippen MR) is 86.3 cm³/mol. The molecule has 0 radical (unpaired) electrons. The molecule has 0 saturated heterocycles. The van der Waals surface area contributed by atoms with Crippen LogP contribution >= 0.6 is 15.9 Å². The molecule has 3 atom stereocenters. The molecule has 0 heterocycles. The van der Waals surface area contributed by atoms with Gasteiger partial charge in [-0.05, 0) is 49.3 Å². The van der Waals surface area contributed by atoms with Gasteiger partial charge in [0, 0.05) is 16.6 Å². The predicted octanol–water partition coefficient (Wildman–Crippen LogP) is 5.31. The third-order valence-electron chi connectivity index (χ3n) is 4.51. The average Bonchev–Trinajstić information content (AvgIpc) is 2.39. The van der Waals surface area contributed by atoms with Crippen LogP contribution in [-0.2, 0) is 0 Å². The zero-order valence-corrected chi connectivity index (χ0v) is 13.9. The Morgan fingerprint density at radius 3 is 2.32 bits per heavy atom. The summed E-state index contributed by atoms with van der Waals surface area (Å²) >= 11 is 3.50. The van der Waals surface area contributed by atoms with E-state index in [1.54, 1.807) is 0 Å². The second-order valence-corrected chi connectivity index (χ2v) is 7.15. The number of rotatable bonds is 4. The highest BCUT2D eigenvalue weighted by Gasteiger charge is 2.28. The molecule has 1 aromatic rings. The number of benzene rings is 1. The van der Waals surface area contributed by atoms with E-state index < -0.39 is 0 Å². The lowest BCUT2D eigenvalue weighted by Crippen LogP contribution is -2.42. The van der Waals surface area contributed by atoms with E-state index in [-0.39, 0.29) is 0 Å². The van der Waals surface area contributed by atoms with Gasteiger partial charge in [-0.1, -0.05) is 54.8 Å². The topological polar surface area (TPSA) is 12.0 Å². The lowest BCUT2D eigenvalue weighted by Gasteiger charge is -2.37. The molecule has 19 heavy (non-hydrogen) atoms. The Labute approximate surface area is 126 Å². The summed E-state index contributed by atoms with van der Waals surface area (Å²) in [6, 6.07) is 9.83. The first-order chi connectivity index (χ1) is 9.08. The van der Waals surface area contributed by atoms with E-state index >= 15 is 0 Å². The summed E-state index contributed by atoms with van der Waals surface area (Å²) in [5.74, 6) is 1.63. The number of nitrogens with one attached hydrogen (secondary N) is 1. The molecule has 1 saturated carbocycles. The molecule has 2 rings (SSSR count). The zero-order valence-electron chi connectivity index (χ0n) is 12.3. The maximum absolute atomic E-state index is 3.87. The molecule has 2 unspecified atom stereocenters. The Balaban J connectivity index is 2.00. The Morgan fingerprint density at radius 2 is 1.68 bits per heavy atom. The largest absolute Gasteiger partial charge is 0.307 e. The summed E-state index contributed by atoms with van der Waals surface area (Å²) < 4.78 is 1.15. The van der Waals surface area contributed by atoms with Gasteiger partial charge in [-0.25, -0.2) is 0 Å². The quantitative estimate of drug-likeness (QED) is 0.791. The van der Waals surface area contributed by atoms with Gasteiger partial charge >= 0.3 is 0 Å². The summed E-state index contributed by atoms with van der Waals surface area (Å²) in [6.45, 7) is 7.03. The summed E-state index contributed by atoms with van der Waals surface area (Å²) in [5.41, 5.74) is 1.39. The normalized spacial score (nSPS) is 25.5. The molecule has 0 bridgehead atoms. The first-order valence-corrected chi connectivity index (χ1v) is 8.38. The van der Waals surface area contributed by atoms with E-state index in [9.17, 15) is 0 Å². The molecule has 2 heteroatoms. The van der Waals surface area contributed by atoms with Crippen molar-refractivity contribution in [1.29, 1.82) is 0 Å². The van der Waals surface area contributed by atoms with Crippen molar-refractivity contribution in [3.63, 3.8) is 0 Å². The van der Waals surface area contributed by atoms with Crippen LogP contribution in [0.15, 0.2) is 28.7 Å². The van der Waals surface area contributed by atoms with Crippen LogP contribution in [0.1, 0.15) is 58.1 Å². The van der Waals surface area contributed by atoms with Gasteiger partial charge < -0.3 is 5.32 Å². The molecular formula is C17H26BrN. The van der Waals surface area contributed by atoms with Crippen molar-refractivity contribution in [2.45, 2.75) is 58.5 Å². The van der Waals surface area contributed by atoms with Crippen LogP contribution in [0.25, 0.3) is 0 Å². The molecule has 1 nitrogen and oxygen atoms in total. The van der Waals surface area contributed by atoms with Gasteiger partial charge in [0.05, 0.1) is 0 Å². The number of hydrogen-bond donors (Lipinski definition) is 1. The Kier molecular flexibility index (Phi) is 5.47. The average molecular weight is 324 g/mol. The monoisotopic (exact) mass is 323 g/mol. The van der Waals surface area contributed by atoms with Crippen LogP contribution in [-0.4, -0.2) is 6.04 Å². The minimum Gasteiger partial charge on any atom is -0.307 e. The smallest absolute Gasteiger partial charge is 0.0294 e. The van der Waals surface area contributed by atoms with Gasteiger partial charge in [0.15, 0.2) is 0 Å². The molecule has 1 aliphatic carbocycles. The first-order valence-electron chi connectivity index (χ1n) is 7.59. The minimum absolute atomic E-state index is 0.442. The second kappa shape index (κ2) is 6.90. The van der Waals surface area contributed by atoms with E-state index in [0.717, 1.165) is 16.3 Å². The van der Waals surface area contributed by atoms with E-state index in [1.807, 2.05) is 0 Å². The summed E-state index contributed by atoms with van der Waals surface area (Å²) in [5, 5.41) is 3.87. The van der Waals surface area contributed by atoms with Crippen molar-refractivity contribution in [2.75, 3.05) is 0 Å². The molecule has 0 amide bonds. The van der Waals surface area contributed by atoms with Crippen LogP contribution in [0.4, 0.5) is 0 Å². The maximum Gasteiger partial charge on any atom is 0.0294 e. The van der Waals surface area contributed by atoms with Crippen molar-refractivity contribution in [3.05, 3.63) is 34.3 Å². The Morgan fingerprint density at radius 1 is 1.05 bits per heavy atom. The van der Waals surface area contributed by atoms with Gasteiger partial charge in [-0.3, -0.25) is 0 Å². The lowest BCUT2D eigenvalue weighted by molar-refractivity contribution is 0.195. The van der Waals surface area contributed by atoms with Gasteiger partial charge in [-0.2, -0.15) is 0 Å². The van der Waals surface area contributed by atoms with Crippen molar-refractivity contribution in [3.8, 4) is 0 Å².